The molecule has 0 heterocycles. The predicted octanol–water partition coefficient (Wildman–Crippen LogP) is 4.83. The van der Waals surface area contributed by atoms with E-state index < -0.39 is 0 Å². The van der Waals surface area contributed by atoms with Crippen LogP contribution in [0.3, 0.4) is 0 Å². The van der Waals surface area contributed by atoms with Crippen molar-refractivity contribution in [3.8, 4) is 5.75 Å². The maximum Gasteiger partial charge on any atom is 0.167 e. The summed E-state index contributed by atoms with van der Waals surface area (Å²) < 4.78 is 18.9. The summed E-state index contributed by atoms with van der Waals surface area (Å²) >= 11 is 0. The Balaban J connectivity index is 1.85. The summed E-state index contributed by atoms with van der Waals surface area (Å²) in [6.45, 7) is 5.33. The third-order valence-corrected chi connectivity index (χ3v) is 3.51. The van der Waals surface area contributed by atoms with Gasteiger partial charge < -0.3 is 10.1 Å². The van der Waals surface area contributed by atoms with Gasteiger partial charge in [-0.05, 0) is 37.0 Å². The van der Waals surface area contributed by atoms with E-state index in [9.17, 15) is 4.39 Å². The fraction of sp³-hybridized carbons (Fsp3) is 0.333. The lowest BCUT2D eigenvalue weighted by molar-refractivity contribution is 0.321. The van der Waals surface area contributed by atoms with Crippen molar-refractivity contribution in [3.05, 3.63) is 59.9 Å². The van der Waals surface area contributed by atoms with Gasteiger partial charge in [0.1, 0.15) is 0 Å². The van der Waals surface area contributed by atoms with Gasteiger partial charge >= 0.3 is 0 Å². The number of rotatable bonds is 7. The lowest BCUT2D eigenvalue weighted by atomic mass is 9.98. The summed E-state index contributed by atoms with van der Waals surface area (Å²) in [5, 5.41) is 3.26. The topological polar surface area (TPSA) is 21.3 Å². The zero-order chi connectivity index (χ0) is 15.1. The summed E-state index contributed by atoms with van der Waals surface area (Å²) in [7, 11) is 0. The van der Waals surface area contributed by atoms with Crippen LogP contribution < -0.4 is 10.1 Å². The van der Waals surface area contributed by atoms with Crippen LogP contribution in [0.5, 0.6) is 5.75 Å². The number of ether oxygens (including phenoxy) is 1. The van der Waals surface area contributed by atoms with Gasteiger partial charge in [0.05, 0.1) is 6.61 Å². The molecule has 0 spiro atoms. The molecular weight excluding hydrogens is 265 g/mol. The second kappa shape index (κ2) is 7.67. The molecular formula is C18H22FNO. The number of halogens is 1. The fourth-order valence-electron chi connectivity index (χ4n) is 2.26. The first-order chi connectivity index (χ1) is 10.2. The molecule has 2 aromatic carbocycles. The Morgan fingerprint density at radius 1 is 1.14 bits per heavy atom. The maximum absolute atomic E-state index is 13.7. The van der Waals surface area contributed by atoms with E-state index in [0.717, 1.165) is 18.7 Å². The lowest BCUT2D eigenvalue weighted by Crippen LogP contribution is -2.06. The molecule has 0 aliphatic carbocycles. The van der Waals surface area contributed by atoms with Gasteiger partial charge in [-0.1, -0.05) is 37.3 Å². The predicted molar refractivity (Wildman–Crippen MR) is 85.5 cm³/mol. The van der Waals surface area contributed by atoms with Crippen LogP contribution in [-0.2, 0) is 0 Å². The molecule has 112 valence electrons. The minimum atomic E-state index is -0.321. The highest BCUT2D eigenvalue weighted by molar-refractivity contribution is 5.47. The van der Waals surface area contributed by atoms with Crippen molar-refractivity contribution in [1.82, 2.24) is 0 Å². The van der Waals surface area contributed by atoms with Gasteiger partial charge in [0.25, 0.3) is 0 Å². The van der Waals surface area contributed by atoms with E-state index in [1.807, 2.05) is 19.1 Å². The van der Waals surface area contributed by atoms with Gasteiger partial charge in [-0.2, -0.15) is 0 Å². The second-order valence-electron chi connectivity index (χ2n) is 5.11. The molecule has 21 heavy (non-hydrogen) atoms. The number of hydrogen-bond acceptors (Lipinski definition) is 2. The largest absolute Gasteiger partial charge is 0.491 e. The quantitative estimate of drug-likeness (QED) is 0.787. The average molecular weight is 287 g/mol. The normalized spacial score (nSPS) is 12.0. The van der Waals surface area contributed by atoms with Gasteiger partial charge in [-0.3, -0.25) is 0 Å². The Hall–Kier alpha value is -2.03. The SMILES string of the molecule is CCOc1ccc(NCCC(C)c2ccccc2)cc1F. The van der Waals surface area contributed by atoms with Crippen LogP contribution in [0, 0.1) is 5.82 Å². The molecule has 2 aromatic rings. The highest BCUT2D eigenvalue weighted by atomic mass is 19.1. The first kappa shape index (κ1) is 15.4. The highest BCUT2D eigenvalue weighted by Crippen LogP contribution is 2.22. The summed E-state index contributed by atoms with van der Waals surface area (Å²) in [4.78, 5) is 0. The zero-order valence-electron chi connectivity index (χ0n) is 12.6. The smallest absolute Gasteiger partial charge is 0.167 e. The molecule has 0 aliphatic heterocycles. The van der Waals surface area contributed by atoms with E-state index in [4.69, 9.17) is 4.74 Å². The minimum absolute atomic E-state index is 0.306. The van der Waals surface area contributed by atoms with Crippen LogP contribution in [0.4, 0.5) is 10.1 Å². The molecule has 0 aromatic heterocycles. The Bertz CT molecular complexity index is 556. The van der Waals surface area contributed by atoms with Gasteiger partial charge in [-0.15, -0.1) is 0 Å². The van der Waals surface area contributed by atoms with Crippen molar-refractivity contribution in [2.75, 3.05) is 18.5 Å². The van der Waals surface area contributed by atoms with Crippen molar-refractivity contribution in [1.29, 1.82) is 0 Å². The minimum Gasteiger partial charge on any atom is -0.491 e. The van der Waals surface area contributed by atoms with Crippen LogP contribution in [0.25, 0.3) is 0 Å². The van der Waals surface area contributed by atoms with Crippen LogP contribution in [0.1, 0.15) is 31.7 Å². The standard InChI is InChI=1S/C18H22FNO/c1-3-21-18-10-9-16(13-17(18)19)20-12-11-14(2)15-7-5-4-6-8-15/h4-10,13-14,20H,3,11-12H2,1-2H3. The van der Waals surface area contributed by atoms with Crippen LogP contribution >= 0.6 is 0 Å². The third kappa shape index (κ3) is 4.48. The molecule has 0 saturated carbocycles. The zero-order valence-corrected chi connectivity index (χ0v) is 12.6. The molecule has 1 unspecified atom stereocenters. The van der Waals surface area contributed by atoms with E-state index in [-0.39, 0.29) is 5.82 Å². The Kier molecular flexibility index (Phi) is 5.61. The molecule has 0 saturated heterocycles. The molecule has 0 amide bonds. The molecule has 0 bridgehead atoms. The number of benzene rings is 2. The number of anilines is 1. The highest BCUT2D eigenvalue weighted by Gasteiger charge is 2.06. The van der Waals surface area contributed by atoms with E-state index in [2.05, 4.69) is 36.5 Å². The van der Waals surface area contributed by atoms with E-state index in [1.54, 1.807) is 6.07 Å². The van der Waals surface area contributed by atoms with E-state index in [0.29, 0.717) is 18.3 Å². The Morgan fingerprint density at radius 2 is 1.90 bits per heavy atom. The Morgan fingerprint density at radius 3 is 2.57 bits per heavy atom. The number of hydrogen-bond donors (Lipinski definition) is 1. The van der Waals surface area contributed by atoms with Gasteiger partial charge in [-0.25, -0.2) is 4.39 Å². The van der Waals surface area contributed by atoms with Crippen molar-refractivity contribution >= 4 is 5.69 Å². The van der Waals surface area contributed by atoms with Crippen LogP contribution in [-0.4, -0.2) is 13.2 Å². The van der Waals surface area contributed by atoms with Crippen molar-refractivity contribution in [2.24, 2.45) is 0 Å². The molecule has 1 N–H and O–H groups in total. The summed E-state index contributed by atoms with van der Waals surface area (Å²) in [6.07, 6.45) is 0.999. The lowest BCUT2D eigenvalue weighted by Gasteiger charge is -2.13. The molecule has 1 atom stereocenters. The van der Waals surface area contributed by atoms with Gasteiger partial charge in [0.15, 0.2) is 11.6 Å². The van der Waals surface area contributed by atoms with Crippen LogP contribution in [0.2, 0.25) is 0 Å². The summed E-state index contributed by atoms with van der Waals surface area (Å²) in [5.74, 6) is 0.463. The van der Waals surface area contributed by atoms with Crippen LogP contribution in [0.15, 0.2) is 48.5 Å². The Labute approximate surface area is 126 Å². The molecule has 0 aliphatic rings. The summed E-state index contributed by atoms with van der Waals surface area (Å²) in [5.41, 5.74) is 2.12. The van der Waals surface area contributed by atoms with Crippen molar-refractivity contribution in [3.63, 3.8) is 0 Å². The van der Waals surface area contributed by atoms with Gasteiger partial charge in [0, 0.05) is 18.3 Å². The molecule has 3 heteroatoms. The summed E-state index contributed by atoms with van der Waals surface area (Å²) in [6, 6.07) is 15.4. The average Bonchev–Trinajstić information content (AvgIpc) is 2.51. The third-order valence-electron chi connectivity index (χ3n) is 3.51. The first-order valence-corrected chi connectivity index (χ1v) is 7.42. The molecule has 0 fully saturated rings. The van der Waals surface area contributed by atoms with Gasteiger partial charge in [0.2, 0.25) is 0 Å². The maximum atomic E-state index is 13.7. The monoisotopic (exact) mass is 287 g/mol. The van der Waals surface area contributed by atoms with E-state index >= 15 is 0 Å². The number of nitrogens with one attached hydrogen (secondary N) is 1. The molecule has 0 radical (unpaired) electrons. The second-order valence-corrected chi connectivity index (χ2v) is 5.11. The van der Waals surface area contributed by atoms with Crippen molar-refractivity contribution in [2.45, 2.75) is 26.2 Å². The van der Waals surface area contributed by atoms with Crippen molar-refractivity contribution < 1.29 is 9.13 Å². The fourth-order valence-corrected chi connectivity index (χ4v) is 2.26. The first-order valence-electron chi connectivity index (χ1n) is 7.42. The molecule has 2 nitrogen and oxygen atoms in total. The molecule has 2 rings (SSSR count). The van der Waals surface area contributed by atoms with E-state index in [1.165, 1.54) is 11.6 Å².